The molecule has 28 heavy (non-hydrogen) atoms. The lowest BCUT2D eigenvalue weighted by Crippen LogP contribution is -2.37. The van der Waals surface area contributed by atoms with Gasteiger partial charge in [0.2, 0.25) is 5.91 Å². The van der Waals surface area contributed by atoms with E-state index in [9.17, 15) is 26.4 Å². The van der Waals surface area contributed by atoms with Gasteiger partial charge in [-0.05, 0) is 30.2 Å². The van der Waals surface area contributed by atoms with Crippen LogP contribution in [0.2, 0.25) is 0 Å². The van der Waals surface area contributed by atoms with Crippen LogP contribution in [-0.2, 0) is 14.6 Å². The molecule has 2 heterocycles. The Morgan fingerprint density at radius 2 is 1.93 bits per heavy atom. The van der Waals surface area contributed by atoms with Gasteiger partial charge in [-0.25, -0.2) is 8.42 Å². The molecule has 2 aliphatic rings. The highest BCUT2D eigenvalue weighted by Gasteiger charge is 2.49. The van der Waals surface area contributed by atoms with Crippen molar-refractivity contribution in [2.75, 3.05) is 16.4 Å². The number of nitrogens with zero attached hydrogens (tertiary/aromatic N) is 2. The van der Waals surface area contributed by atoms with E-state index in [0.717, 1.165) is 12.1 Å². The number of thioether (sulfide) groups is 1. The molecule has 0 saturated carbocycles. The molecule has 11 heteroatoms. The molecule has 6 nitrogen and oxygen atoms in total. The molecule has 3 rings (SSSR count). The predicted octanol–water partition coefficient (Wildman–Crippen LogP) is 3.23. The number of hydrogen-bond donors (Lipinski definition) is 0. The molecule has 0 aliphatic carbocycles. The summed E-state index contributed by atoms with van der Waals surface area (Å²) in [5.74, 6) is -0.695. The lowest BCUT2D eigenvalue weighted by Gasteiger charge is -2.24. The maximum Gasteiger partial charge on any atom is 0.573 e. The lowest BCUT2D eigenvalue weighted by molar-refractivity contribution is -0.274. The van der Waals surface area contributed by atoms with Crippen LogP contribution in [0.3, 0.4) is 0 Å². The summed E-state index contributed by atoms with van der Waals surface area (Å²) in [5, 5.41) is 0.0988. The summed E-state index contributed by atoms with van der Waals surface area (Å²) >= 11 is 1.22. The number of amides is 1. The first kappa shape index (κ1) is 21.0. The van der Waals surface area contributed by atoms with E-state index in [2.05, 4.69) is 9.73 Å². The van der Waals surface area contributed by atoms with Crippen molar-refractivity contribution < 1.29 is 31.1 Å². The van der Waals surface area contributed by atoms with Gasteiger partial charge in [-0.2, -0.15) is 4.99 Å². The van der Waals surface area contributed by atoms with Gasteiger partial charge in [0.05, 0.1) is 17.5 Å². The summed E-state index contributed by atoms with van der Waals surface area (Å²) in [5.41, 5.74) is 0.461. The van der Waals surface area contributed by atoms with Crippen LogP contribution < -0.4 is 9.64 Å². The van der Waals surface area contributed by atoms with Gasteiger partial charge in [0.15, 0.2) is 15.0 Å². The Hall–Kier alpha value is -1.75. The number of rotatable bonds is 4. The third-order valence-corrected chi connectivity index (χ3v) is 7.43. The van der Waals surface area contributed by atoms with E-state index >= 15 is 0 Å². The minimum Gasteiger partial charge on any atom is -0.406 e. The molecule has 2 saturated heterocycles. The van der Waals surface area contributed by atoms with E-state index in [1.54, 1.807) is 4.90 Å². The fraction of sp³-hybridized carbons (Fsp3) is 0.529. The minimum atomic E-state index is -4.80. The Morgan fingerprint density at radius 3 is 2.50 bits per heavy atom. The number of ether oxygens (including phenoxy) is 1. The zero-order valence-corrected chi connectivity index (χ0v) is 16.8. The first-order valence-corrected chi connectivity index (χ1v) is 11.3. The van der Waals surface area contributed by atoms with E-state index in [1.165, 1.54) is 23.9 Å². The number of anilines is 1. The molecule has 1 aromatic rings. The largest absolute Gasteiger partial charge is 0.573 e. The second-order valence-corrected chi connectivity index (χ2v) is 10.5. The number of hydrogen-bond acceptors (Lipinski definition) is 5. The lowest BCUT2D eigenvalue weighted by atomic mass is 10.1. The van der Waals surface area contributed by atoms with E-state index in [0.29, 0.717) is 10.9 Å². The number of carbonyl (C=O) groups excluding carboxylic acids is 1. The summed E-state index contributed by atoms with van der Waals surface area (Å²) in [6.45, 7) is 3.77. The molecule has 0 N–H and O–H groups in total. The van der Waals surface area contributed by atoms with Crippen molar-refractivity contribution in [2.45, 2.75) is 37.9 Å². The highest BCUT2D eigenvalue weighted by Crippen LogP contribution is 2.41. The van der Waals surface area contributed by atoms with Crippen LogP contribution in [0.1, 0.15) is 20.3 Å². The summed E-state index contributed by atoms with van der Waals surface area (Å²) in [4.78, 5) is 17.9. The fourth-order valence-corrected chi connectivity index (χ4v) is 7.11. The number of alkyl halides is 3. The van der Waals surface area contributed by atoms with Gasteiger partial charge in [0, 0.05) is 17.4 Å². The van der Waals surface area contributed by atoms with Gasteiger partial charge >= 0.3 is 6.36 Å². The second-order valence-electron chi connectivity index (χ2n) is 7.10. The Labute approximate surface area is 165 Å². The van der Waals surface area contributed by atoms with Crippen molar-refractivity contribution >= 4 is 38.4 Å². The molecule has 0 spiro atoms. The smallest absolute Gasteiger partial charge is 0.406 e. The van der Waals surface area contributed by atoms with Gasteiger partial charge in [0.1, 0.15) is 5.75 Å². The number of carbonyl (C=O) groups is 1. The monoisotopic (exact) mass is 436 g/mol. The molecule has 0 unspecified atom stereocenters. The van der Waals surface area contributed by atoms with E-state index < -0.39 is 22.2 Å². The Kier molecular flexibility index (Phi) is 5.68. The summed E-state index contributed by atoms with van der Waals surface area (Å²) in [7, 11) is -3.23. The first-order valence-electron chi connectivity index (χ1n) is 8.57. The van der Waals surface area contributed by atoms with Crippen molar-refractivity contribution in [1.29, 1.82) is 0 Å². The number of benzene rings is 1. The average Bonchev–Trinajstić information content (AvgIpc) is 2.96. The SMILES string of the molecule is CC(C)CC(=O)N=C1S[C@@H]2CS(=O)(=O)C[C@H]2N1c1ccc(OC(F)(F)F)cc1. The normalized spacial score (nSPS) is 25.4. The molecule has 0 bridgehead atoms. The average molecular weight is 436 g/mol. The van der Waals surface area contributed by atoms with Crippen molar-refractivity contribution in [3.05, 3.63) is 24.3 Å². The van der Waals surface area contributed by atoms with Crippen molar-refractivity contribution in [3.8, 4) is 5.75 Å². The van der Waals surface area contributed by atoms with Crippen LogP contribution in [-0.4, -0.2) is 48.7 Å². The number of halogens is 3. The standard InChI is InChI=1S/C17H19F3N2O4S2/c1-10(2)7-15(23)21-16-22(13-8-28(24,25)9-14(13)27-16)11-3-5-12(6-4-11)26-17(18,19)20/h3-6,10,13-14H,7-9H2,1-2H3/t13-,14-/m1/s1. The fourth-order valence-electron chi connectivity index (χ4n) is 3.18. The van der Waals surface area contributed by atoms with Crippen molar-refractivity contribution in [1.82, 2.24) is 0 Å². The molecule has 2 fully saturated rings. The van der Waals surface area contributed by atoms with Crippen LogP contribution in [0, 0.1) is 5.92 Å². The molecule has 154 valence electrons. The number of aliphatic imine (C=N–C) groups is 1. The Morgan fingerprint density at radius 1 is 1.29 bits per heavy atom. The minimum absolute atomic E-state index is 0.0223. The Bertz CT molecular complexity index is 883. The zero-order valence-electron chi connectivity index (χ0n) is 15.1. The zero-order chi connectivity index (χ0) is 20.7. The third kappa shape index (κ3) is 4.99. The molecular weight excluding hydrogens is 417 g/mol. The maximum atomic E-state index is 12.4. The Balaban J connectivity index is 1.90. The number of fused-ring (bicyclic) bond motifs is 1. The van der Waals surface area contributed by atoms with Gasteiger partial charge < -0.3 is 9.64 Å². The number of amidine groups is 1. The van der Waals surface area contributed by atoms with Gasteiger partial charge in [-0.1, -0.05) is 25.6 Å². The van der Waals surface area contributed by atoms with Crippen LogP contribution in [0.15, 0.2) is 29.3 Å². The highest BCUT2D eigenvalue weighted by atomic mass is 32.2. The maximum absolute atomic E-state index is 12.4. The summed E-state index contributed by atoms with van der Waals surface area (Å²) in [6, 6.07) is 4.68. The van der Waals surface area contributed by atoms with Crippen molar-refractivity contribution in [2.24, 2.45) is 10.9 Å². The van der Waals surface area contributed by atoms with Crippen LogP contribution >= 0.6 is 11.8 Å². The second kappa shape index (κ2) is 7.58. The van der Waals surface area contributed by atoms with Gasteiger partial charge in [0.25, 0.3) is 0 Å². The highest BCUT2D eigenvalue weighted by molar-refractivity contribution is 8.16. The molecular formula is C17H19F3N2O4S2. The van der Waals surface area contributed by atoms with Crippen LogP contribution in [0.25, 0.3) is 0 Å². The third-order valence-electron chi connectivity index (χ3n) is 4.22. The van der Waals surface area contributed by atoms with E-state index in [4.69, 9.17) is 0 Å². The van der Waals surface area contributed by atoms with E-state index in [1.807, 2.05) is 13.8 Å². The van der Waals surface area contributed by atoms with Crippen molar-refractivity contribution in [3.63, 3.8) is 0 Å². The summed E-state index contributed by atoms with van der Waals surface area (Å²) in [6.07, 6.45) is -4.55. The number of sulfone groups is 1. The molecule has 0 radical (unpaired) electrons. The topological polar surface area (TPSA) is 76.0 Å². The quantitative estimate of drug-likeness (QED) is 0.721. The molecule has 0 aromatic heterocycles. The van der Waals surface area contributed by atoms with Gasteiger partial charge in [-0.3, -0.25) is 4.79 Å². The van der Waals surface area contributed by atoms with Crippen LogP contribution in [0.5, 0.6) is 5.75 Å². The van der Waals surface area contributed by atoms with E-state index in [-0.39, 0.29) is 40.8 Å². The first-order chi connectivity index (χ1) is 12.9. The summed E-state index contributed by atoms with van der Waals surface area (Å²) < 4.78 is 65.0. The molecule has 1 aromatic carbocycles. The van der Waals surface area contributed by atoms with Gasteiger partial charge in [-0.15, -0.1) is 13.2 Å². The predicted molar refractivity (Wildman–Crippen MR) is 101 cm³/mol. The molecule has 1 amide bonds. The van der Waals surface area contributed by atoms with Crippen LogP contribution in [0.4, 0.5) is 18.9 Å². The molecule has 2 atom stereocenters. The molecule has 2 aliphatic heterocycles.